The number of carbonyl (C=O) groups is 3. The second-order valence-corrected chi connectivity index (χ2v) is 9.18. The monoisotopic (exact) mass is 490 g/mol. The lowest BCUT2D eigenvalue weighted by molar-refractivity contribution is -0.132. The predicted octanol–water partition coefficient (Wildman–Crippen LogP) is 4.03. The lowest BCUT2D eigenvalue weighted by Crippen LogP contribution is -2.51. The maximum absolute atomic E-state index is 12.7. The summed E-state index contributed by atoms with van der Waals surface area (Å²) < 4.78 is 11.9. The number of Topliss-reactive ketones (excluding diaryl/α,β-unsaturated/α-hetero) is 1. The van der Waals surface area contributed by atoms with Crippen LogP contribution in [0.15, 0.2) is 36.4 Å². The van der Waals surface area contributed by atoms with E-state index in [1.54, 1.807) is 48.2 Å². The maximum Gasteiger partial charge on any atom is 0.258 e. The van der Waals surface area contributed by atoms with E-state index in [2.05, 4.69) is 5.32 Å². The van der Waals surface area contributed by atoms with Crippen molar-refractivity contribution < 1.29 is 23.9 Å². The number of amides is 2. The Morgan fingerprint density at radius 2 is 1.88 bits per heavy atom. The average Bonchev–Trinajstić information content (AvgIpc) is 2.78. The van der Waals surface area contributed by atoms with Crippen LogP contribution in [0, 0.1) is 0 Å². The van der Waals surface area contributed by atoms with Crippen molar-refractivity contribution in [2.24, 2.45) is 0 Å². The smallest absolute Gasteiger partial charge is 0.258 e. The largest absolute Gasteiger partial charge is 0.486 e. The summed E-state index contributed by atoms with van der Waals surface area (Å²) in [7, 11) is 0. The van der Waals surface area contributed by atoms with E-state index in [0.29, 0.717) is 66.0 Å². The fraction of sp³-hybridized carbons (Fsp3) is 0.375. The number of fused-ring (bicyclic) bond motifs is 1. The third kappa shape index (κ3) is 5.42. The van der Waals surface area contributed by atoms with Crippen molar-refractivity contribution in [3.63, 3.8) is 0 Å². The van der Waals surface area contributed by atoms with Gasteiger partial charge in [0.25, 0.3) is 5.91 Å². The van der Waals surface area contributed by atoms with Crippen molar-refractivity contribution in [3.05, 3.63) is 57.6 Å². The summed E-state index contributed by atoms with van der Waals surface area (Å²) in [6, 6.07) is 10.1. The van der Waals surface area contributed by atoms with Crippen LogP contribution in [-0.4, -0.2) is 47.8 Å². The third-order valence-electron chi connectivity index (χ3n) is 6.03. The van der Waals surface area contributed by atoms with Crippen LogP contribution in [0.2, 0.25) is 10.0 Å². The number of ketones is 1. The second kappa shape index (κ2) is 9.61. The third-order valence-corrected chi connectivity index (χ3v) is 6.77. The number of nitrogens with one attached hydrogen (secondary N) is 1. The molecule has 2 aliphatic rings. The molecule has 2 aromatic carbocycles. The Morgan fingerprint density at radius 1 is 1.12 bits per heavy atom. The van der Waals surface area contributed by atoms with Crippen LogP contribution in [0.4, 0.5) is 0 Å². The van der Waals surface area contributed by atoms with E-state index in [9.17, 15) is 14.4 Å². The van der Waals surface area contributed by atoms with Gasteiger partial charge in [0.2, 0.25) is 5.91 Å². The van der Waals surface area contributed by atoms with Gasteiger partial charge in [0.1, 0.15) is 17.1 Å². The Bertz CT molecular complexity index is 1100. The Hall–Kier alpha value is -2.77. The normalized spacial score (nSPS) is 16.7. The van der Waals surface area contributed by atoms with Crippen LogP contribution >= 0.6 is 23.2 Å². The molecule has 4 rings (SSSR count). The van der Waals surface area contributed by atoms with Gasteiger partial charge >= 0.3 is 0 Å². The average molecular weight is 491 g/mol. The molecule has 0 atom stereocenters. The topological polar surface area (TPSA) is 84.9 Å². The van der Waals surface area contributed by atoms with Crippen LogP contribution in [0.3, 0.4) is 0 Å². The molecule has 2 aliphatic heterocycles. The van der Waals surface area contributed by atoms with Gasteiger partial charge in [-0.3, -0.25) is 14.4 Å². The molecule has 0 aliphatic carbocycles. The molecule has 0 unspecified atom stereocenters. The van der Waals surface area contributed by atoms with Gasteiger partial charge in [0, 0.05) is 45.5 Å². The van der Waals surface area contributed by atoms with Gasteiger partial charge in [-0.05, 0) is 29.8 Å². The molecule has 1 N–H and O–H groups in total. The Labute approximate surface area is 201 Å². The fourth-order valence-electron chi connectivity index (χ4n) is 4.12. The Balaban J connectivity index is 1.35. The van der Waals surface area contributed by atoms with E-state index < -0.39 is 5.60 Å². The molecule has 7 nitrogen and oxygen atoms in total. The minimum absolute atomic E-state index is 0.0124. The minimum Gasteiger partial charge on any atom is -0.486 e. The van der Waals surface area contributed by atoms with Crippen LogP contribution in [0.5, 0.6) is 11.5 Å². The molecule has 1 saturated heterocycles. The zero-order valence-corrected chi connectivity index (χ0v) is 19.7. The Kier molecular flexibility index (Phi) is 6.81. The van der Waals surface area contributed by atoms with Gasteiger partial charge in [-0.15, -0.1) is 0 Å². The molecule has 0 aromatic heterocycles. The van der Waals surface area contributed by atoms with Crippen molar-refractivity contribution in [1.29, 1.82) is 0 Å². The van der Waals surface area contributed by atoms with E-state index in [0.717, 1.165) is 5.56 Å². The molecule has 1 fully saturated rings. The molecule has 2 heterocycles. The van der Waals surface area contributed by atoms with Crippen molar-refractivity contribution in [2.45, 2.75) is 38.3 Å². The molecule has 0 saturated carbocycles. The van der Waals surface area contributed by atoms with Crippen molar-refractivity contribution in [1.82, 2.24) is 10.2 Å². The molecule has 33 heavy (non-hydrogen) atoms. The highest BCUT2D eigenvalue weighted by atomic mass is 35.5. The lowest BCUT2D eigenvalue weighted by Gasteiger charge is -2.43. The van der Waals surface area contributed by atoms with Crippen LogP contribution in [-0.2, 0) is 16.1 Å². The van der Waals surface area contributed by atoms with Gasteiger partial charge in [-0.25, -0.2) is 0 Å². The summed E-state index contributed by atoms with van der Waals surface area (Å²) >= 11 is 11.9. The summed E-state index contributed by atoms with van der Waals surface area (Å²) in [4.78, 5) is 38.3. The summed E-state index contributed by atoms with van der Waals surface area (Å²) in [5.74, 6) is 0.628. The Morgan fingerprint density at radius 3 is 2.58 bits per heavy atom. The van der Waals surface area contributed by atoms with Crippen molar-refractivity contribution >= 4 is 40.8 Å². The number of benzene rings is 2. The van der Waals surface area contributed by atoms with Crippen molar-refractivity contribution in [3.8, 4) is 11.5 Å². The number of carbonyl (C=O) groups excluding carboxylic acids is 3. The van der Waals surface area contributed by atoms with Crippen LogP contribution < -0.4 is 14.8 Å². The first-order chi connectivity index (χ1) is 15.7. The molecule has 174 valence electrons. The summed E-state index contributed by atoms with van der Waals surface area (Å²) in [5, 5.41) is 3.64. The van der Waals surface area contributed by atoms with Crippen LogP contribution in [0.25, 0.3) is 0 Å². The standard InChI is InChI=1S/C24H24Cl2N2O5/c1-15(29)28-8-6-24(7-9-28)12-21(30)18-4-3-17(11-22(18)33-24)32-14-23(31)27-13-16-2-5-19(25)20(26)10-16/h2-5,10-11H,6-9,12-14H2,1H3,(H,27,31). The first kappa shape index (κ1) is 23.4. The zero-order chi connectivity index (χ0) is 23.6. The number of halogens is 2. The number of nitrogens with zero attached hydrogens (tertiary/aromatic N) is 1. The number of hydrogen-bond acceptors (Lipinski definition) is 5. The van der Waals surface area contributed by atoms with Gasteiger partial charge in [-0.1, -0.05) is 29.3 Å². The van der Waals surface area contributed by atoms with Crippen LogP contribution in [0.1, 0.15) is 42.1 Å². The quantitative estimate of drug-likeness (QED) is 0.683. The molecule has 0 bridgehead atoms. The highest BCUT2D eigenvalue weighted by molar-refractivity contribution is 6.42. The SMILES string of the molecule is CC(=O)N1CCC2(CC1)CC(=O)c1ccc(OCC(=O)NCc3ccc(Cl)c(Cl)c3)cc1O2. The number of likely N-dealkylation sites (tertiary alicyclic amines) is 1. The number of hydrogen-bond donors (Lipinski definition) is 1. The second-order valence-electron chi connectivity index (χ2n) is 8.36. The van der Waals surface area contributed by atoms with E-state index in [1.807, 2.05) is 0 Å². The maximum atomic E-state index is 12.7. The van der Waals surface area contributed by atoms with Gasteiger partial charge in [0.15, 0.2) is 12.4 Å². The van der Waals surface area contributed by atoms with Gasteiger partial charge in [0.05, 0.1) is 22.0 Å². The molecule has 9 heteroatoms. The number of piperidine rings is 1. The lowest BCUT2D eigenvalue weighted by atomic mass is 9.82. The number of rotatable bonds is 5. The first-order valence-electron chi connectivity index (χ1n) is 10.7. The summed E-state index contributed by atoms with van der Waals surface area (Å²) in [5.41, 5.74) is 0.719. The fourth-order valence-corrected chi connectivity index (χ4v) is 4.44. The zero-order valence-electron chi connectivity index (χ0n) is 18.2. The minimum atomic E-state index is -0.605. The molecule has 1 spiro atoms. The molecule has 2 aromatic rings. The summed E-state index contributed by atoms with van der Waals surface area (Å²) in [6.45, 7) is 2.78. The highest BCUT2D eigenvalue weighted by Crippen LogP contribution is 2.40. The van der Waals surface area contributed by atoms with E-state index >= 15 is 0 Å². The van der Waals surface area contributed by atoms with Gasteiger partial charge in [-0.2, -0.15) is 0 Å². The molecule has 2 amide bonds. The number of ether oxygens (including phenoxy) is 2. The molecular weight excluding hydrogens is 467 g/mol. The predicted molar refractivity (Wildman–Crippen MR) is 124 cm³/mol. The van der Waals surface area contributed by atoms with E-state index in [-0.39, 0.29) is 24.2 Å². The van der Waals surface area contributed by atoms with E-state index in [4.69, 9.17) is 32.7 Å². The molecule has 0 radical (unpaired) electrons. The summed E-state index contributed by atoms with van der Waals surface area (Å²) in [6.07, 6.45) is 1.49. The van der Waals surface area contributed by atoms with Gasteiger partial charge < -0.3 is 19.7 Å². The van der Waals surface area contributed by atoms with E-state index in [1.165, 1.54) is 0 Å². The first-order valence-corrected chi connectivity index (χ1v) is 11.5. The van der Waals surface area contributed by atoms with Crippen molar-refractivity contribution in [2.75, 3.05) is 19.7 Å². The highest BCUT2D eigenvalue weighted by Gasteiger charge is 2.43. The molecular formula is C24H24Cl2N2O5.